The molecule has 1 aliphatic rings. The van der Waals surface area contributed by atoms with Gasteiger partial charge in [-0.15, -0.1) is 0 Å². The summed E-state index contributed by atoms with van der Waals surface area (Å²) in [5.74, 6) is 1.35. The largest absolute Gasteiger partial charge is 0.305 e. The van der Waals surface area contributed by atoms with Gasteiger partial charge in [-0.1, -0.05) is 6.92 Å². The first kappa shape index (κ1) is 8.41. The Balaban J connectivity index is 2.06. The molecular weight excluding hydrogens is 142 g/mol. The monoisotopic (exact) mass is 159 g/mol. The predicted octanol–water partition coefficient (Wildman–Crippen LogP) is 1.83. The minimum Gasteiger partial charge on any atom is -0.305 e. The van der Waals surface area contributed by atoms with Crippen molar-refractivity contribution in [3.8, 4) is 0 Å². The van der Waals surface area contributed by atoms with Crippen LogP contribution in [-0.2, 0) is 0 Å². The van der Waals surface area contributed by atoms with Crippen LogP contribution in [0.2, 0.25) is 0 Å². The summed E-state index contributed by atoms with van der Waals surface area (Å²) >= 11 is 2.15. The molecule has 0 aromatic rings. The van der Waals surface area contributed by atoms with Crippen LogP contribution in [0.5, 0.6) is 0 Å². The van der Waals surface area contributed by atoms with Gasteiger partial charge >= 0.3 is 0 Å². The SMILES string of the molecule is CCCSC1CCN(C)C1. The van der Waals surface area contributed by atoms with Gasteiger partial charge in [0.15, 0.2) is 0 Å². The van der Waals surface area contributed by atoms with Crippen molar-refractivity contribution in [2.45, 2.75) is 25.0 Å². The van der Waals surface area contributed by atoms with E-state index in [1.165, 1.54) is 31.7 Å². The van der Waals surface area contributed by atoms with Crippen LogP contribution in [0.3, 0.4) is 0 Å². The lowest BCUT2D eigenvalue weighted by Crippen LogP contribution is -2.14. The predicted molar refractivity (Wildman–Crippen MR) is 48.7 cm³/mol. The topological polar surface area (TPSA) is 3.24 Å². The Kier molecular flexibility index (Phi) is 3.57. The molecule has 1 unspecified atom stereocenters. The van der Waals surface area contributed by atoms with Gasteiger partial charge in [0.05, 0.1) is 0 Å². The van der Waals surface area contributed by atoms with Crippen LogP contribution in [-0.4, -0.2) is 36.0 Å². The standard InChI is InChI=1S/C8H17NS/c1-3-6-10-8-4-5-9(2)7-8/h8H,3-7H2,1-2H3. The van der Waals surface area contributed by atoms with E-state index in [9.17, 15) is 0 Å². The summed E-state index contributed by atoms with van der Waals surface area (Å²) in [6.07, 6.45) is 2.73. The Morgan fingerprint density at radius 2 is 2.40 bits per heavy atom. The Morgan fingerprint density at radius 3 is 2.90 bits per heavy atom. The van der Waals surface area contributed by atoms with Crippen LogP contribution in [0.1, 0.15) is 19.8 Å². The van der Waals surface area contributed by atoms with E-state index in [0.29, 0.717) is 0 Å². The first-order valence-electron chi connectivity index (χ1n) is 4.13. The lowest BCUT2D eigenvalue weighted by atomic mass is 10.4. The average molecular weight is 159 g/mol. The number of thioether (sulfide) groups is 1. The molecule has 1 nitrogen and oxygen atoms in total. The number of likely N-dealkylation sites (tertiary alicyclic amines) is 1. The maximum absolute atomic E-state index is 2.42. The number of nitrogens with zero attached hydrogens (tertiary/aromatic N) is 1. The number of rotatable bonds is 3. The second-order valence-electron chi connectivity index (χ2n) is 3.04. The highest BCUT2D eigenvalue weighted by atomic mass is 32.2. The molecule has 60 valence electrons. The van der Waals surface area contributed by atoms with Crippen molar-refractivity contribution in [3.63, 3.8) is 0 Å². The fraction of sp³-hybridized carbons (Fsp3) is 1.00. The van der Waals surface area contributed by atoms with Crippen molar-refractivity contribution in [3.05, 3.63) is 0 Å². The van der Waals surface area contributed by atoms with Gasteiger partial charge in [0.1, 0.15) is 0 Å². The van der Waals surface area contributed by atoms with E-state index in [1.807, 2.05) is 0 Å². The molecule has 10 heavy (non-hydrogen) atoms. The second kappa shape index (κ2) is 4.24. The minimum absolute atomic E-state index is 0.935. The molecule has 1 atom stereocenters. The fourth-order valence-corrected chi connectivity index (χ4v) is 2.52. The molecule has 2 heteroatoms. The molecule has 0 N–H and O–H groups in total. The molecular formula is C8H17NS. The van der Waals surface area contributed by atoms with E-state index in [2.05, 4.69) is 30.6 Å². The number of hydrogen-bond acceptors (Lipinski definition) is 2. The van der Waals surface area contributed by atoms with Gasteiger partial charge < -0.3 is 4.90 Å². The Hall–Kier alpha value is 0.310. The third kappa shape index (κ3) is 2.51. The quantitative estimate of drug-likeness (QED) is 0.618. The van der Waals surface area contributed by atoms with E-state index >= 15 is 0 Å². The molecule has 1 aliphatic heterocycles. The van der Waals surface area contributed by atoms with Gasteiger partial charge in [0.25, 0.3) is 0 Å². The van der Waals surface area contributed by atoms with Gasteiger partial charge in [-0.25, -0.2) is 0 Å². The second-order valence-corrected chi connectivity index (χ2v) is 4.45. The molecule has 1 saturated heterocycles. The van der Waals surface area contributed by atoms with Crippen LogP contribution < -0.4 is 0 Å². The van der Waals surface area contributed by atoms with E-state index < -0.39 is 0 Å². The van der Waals surface area contributed by atoms with Crippen LogP contribution >= 0.6 is 11.8 Å². The van der Waals surface area contributed by atoms with Crippen molar-refractivity contribution in [1.82, 2.24) is 4.90 Å². The summed E-state index contributed by atoms with van der Waals surface area (Å²) in [4.78, 5) is 2.42. The van der Waals surface area contributed by atoms with E-state index in [-0.39, 0.29) is 0 Å². The summed E-state index contributed by atoms with van der Waals surface area (Å²) in [6, 6.07) is 0. The summed E-state index contributed by atoms with van der Waals surface area (Å²) in [7, 11) is 2.21. The van der Waals surface area contributed by atoms with Crippen molar-refractivity contribution in [1.29, 1.82) is 0 Å². The van der Waals surface area contributed by atoms with Crippen molar-refractivity contribution < 1.29 is 0 Å². The lowest BCUT2D eigenvalue weighted by Gasteiger charge is -2.08. The highest BCUT2D eigenvalue weighted by molar-refractivity contribution is 7.99. The number of hydrogen-bond donors (Lipinski definition) is 0. The van der Waals surface area contributed by atoms with Gasteiger partial charge in [-0.2, -0.15) is 11.8 Å². The van der Waals surface area contributed by atoms with E-state index in [1.54, 1.807) is 0 Å². The van der Waals surface area contributed by atoms with Crippen molar-refractivity contribution >= 4 is 11.8 Å². The van der Waals surface area contributed by atoms with Gasteiger partial charge in [-0.05, 0) is 32.2 Å². The van der Waals surface area contributed by atoms with E-state index in [4.69, 9.17) is 0 Å². The average Bonchev–Trinajstić information content (AvgIpc) is 2.31. The fourth-order valence-electron chi connectivity index (χ4n) is 1.32. The molecule has 1 fully saturated rings. The Morgan fingerprint density at radius 1 is 1.60 bits per heavy atom. The minimum atomic E-state index is 0.935. The smallest absolute Gasteiger partial charge is 0.0187 e. The van der Waals surface area contributed by atoms with Gasteiger partial charge in [0, 0.05) is 11.8 Å². The van der Waals surface area contributed by atoms with Gasteiger partial charge in [-0.3, -0.25) is 0 Å². The zero-order valence-electron chi connectivity index (χ0n) is 6.97. The summed E-state index contributed by atoms with van der Waals surface area (Å²) in [5.41, 5.74) is 0. The Bertz CT molecular complexity index is 95.3. The third-order valence-corrected chi connectivity index (χ3v) is 3.41. The third-order valence-electron chi connectivity index (χ3n) is 1.91. The molecule has 0 bridgehead atoms. The van der Waals surface area contributed by atoms with Crippen LogP contribution in [0.15, 0.2) is 0 Å². The first-order chi connectivity index (χ1) is 4.83. The van der Waals surface area contributed by atoms with Crippen LogP contribution in [0.4, 0.5) is 0 Å². The zero-order valence-corrected chi connectivity index (χ0v) is 7.78. The molecule has 0 spiro atoms. The van der Waals surface area contributed by atoms with Crippen molar-refractivity contribution in [2.24, 2.45) is 0 Å². The molecule has 0 amide bonds. The van der Waals surface area contributed by atoms with Crippen LogP contribution in [0.25, 0.3) is 0 Å². The summed E-state index contributed by atoms with van der Waals surface area (Å²) < 4.78 is 0. The van der Waals surface area contributed by atoms with Crippen molar-refractivity contribution in [2.75, 3.05) is 25.9 Å². The maximum atomic E-state index is 2.42. The molecule has 0 saturated carbocycles. The highest BCUT2D eigenvalue weighted by Gasteiger charge is 2.18. The lowest BCUT2D eigenvalue weighted by molar-refractivity contribution is 0.419. The Labute approximate surface area is 68.2 Å². The molecule has 0 radical (unpaired) electrons. The molecule has 1 rings (SSSR count). The van der Waals surface area contributed by atoms with Crippen LogP contribution in [0, 0.1) is 0 Å². The zero-order chi connectivity index (χ0) is 7.40. The molecule has 0 aliphatic carbocycles. The highest BCUT2D eigenvalue weighted by Crippen LogP contribution is 2.21. The molecule has 0 aromatic carbocycles. The molecule has 0 aromatic heterocycles. The van der Waals surface area contributed by atoms with E-state index in [0.717, 1.165) is 5.25 Å². The summed E-state index contributed by atoms with van der Waals surface area (Å²) in [6.45, 7) is 4.87. The van der Waals surface area contributed by atoms with Gasteiger partial charge in [0.2, 0.25) is 0 Å². The maximum Gasteiger partial charge on any atom is 0.0187 e. The molecule has 1 heterocycles. The normalized spacial score (nSPS) is 27.6. The summed E-state index contributed by atoms with van der Waals surface area (Å²) in [5, 5.41) is 0.935. The first-order valence-corrected chi connectivity index (χ1v) is 5.18.